The maximum atomic E-state index is 15.3. The van der Waals surface area contributed by atoms with Gasteiger partial charge in [-0.25, -0.2) is 18.4 Å². The lowest BCUT2D eigenvalue weighted by molar-refractivity contribution is -0.119. The van der Waals surface area contributed by atoms with Gasteiger partial charge in [-0.15, -0.1) is 0 Å². The number of pyridine rings is 1. The van der Waals surface area contributed by atoms with Crippen LogP contribution in [0.3, 0.4) is 0 Å². The smallest absolute Gasteiger partial charge is 0.414 e. The molecule has 0 aliphatic carbocycles. The Morgan fingerprint density at radius 1 is 1.02 bits per heavy atom. The third kappa shape index (κ3) is 5.46. The van der Waals surface area contributed by atoms with Gasteiger partial charge in [-0.3, -0.25) is 14.5 Å². The van der Waals surface area contributed by atoms with Crippen molar-refractivity contribution in [1.82, 2.24) is 9.88 Å². The number of esters is 1. The Kier molecular flexibility index (Phi) is 8.01. The van der Waals surface area contributed by atoms with Crippen LogP contribution < -0.4 is 25.4 Å². The summed E-state index contributed by atoms with van der Waals surface area (Å²) in [4.78, 5) is 53.4. The molecular weight excluding hydrogens is 552 g/mol. The maximum Gasteiger partial charge on any atom is 0.414 e. The lowest BCUT2D eigenvalue weighted by Gasteiger charge is -2.37. The molecule has 13 heteroatoms. The molecule has 5 rings (SSSR count). The Morgan fingerprint density at radius 3 is 2.31 bits per heavy atom. The number of fused-ring (bicyclic) bond motifs is 1. The van der Waals surface area contributed by atoms with E-state index in [0.29, 0.717) is 55.3 Å². The van der Waals surface area contributed by atoms with Crippen LogP contribution >= 0.6 is 0 Å². The molecule has 42 heavy (non-hydrogen) atoms. The number of rotatable bonds is 7. The second kappa shape index (κ2) is 11.7. The molecule has 11 nitrogen and oxygen atoms in total. The monoisotopic (exact) mass is 583 g/mol. The molecule has 1 aromatic heterocycles. The number of anilines is 3. The van der Waals surface area contributed by atoms with E-state index in [1.807, 2.05) is 16.7 Å². The van der Waals surface area contributed by atoms with E-state index in [0.717, 1.165) is 6.07 Å². The van der Waals surface area contributed by atoms with Crippen LogP contribution in [0.25, 0.3) is 10.9 Å². The molecule has 2 aromatic carbocycles. The lowest BCUT2D eigenvalue weighted by Crippen LogP contribution is -2.47. The van der Waals surface area contributed by atoms with E-state index in [9.17, 15) is 19.2 Å². The second-order valence-electron chi connectivity index (χ2n) is 10.1. The van der Waals surface area contributed by atoms with Gasteiger partial charge in [0.2, 0.25) is 11.3 Å². The van der Waals surface area contributed by atoms with Gasteiger partial charge in [0.05, 0.1) is 42.8 Å². The number of benzene rings is 2. The SMILES string of the molecule is CCn1cc(C(=O)OC)c(=O)c2cc(F)c(N3CCN(c4ccc(N5C[C@H](CNC(C)=O)OC5=O)cc4F)CC3)cc21. The molecule has 3 aromatic rings. The third-order valence-corrected chi connectivity index (χ3v) is 7.55. The highest BCUT2D eigenvalue weighted by atomic mass is 19.1. The number of amides is 2. The summed E-state index contributed by atoms with van der Waals surface area (Å²) >= 11 is 0. The van der Waals surface area contributed by atoms with Gasteiger partial charge in [0.15, 0.2) is 0 Å². The average Bonchev–Trinajstić information content (AvgIpc) is 3.36. The summed E-state index contributed by atoms with van der Waals surface area (Å²) in [7, 11) is 1.18. The van der Waals surface area contributed by atoms with Crippen molar-refractivity contribution in [1.29, 1.82) is 0 Å². The van der Waals surface area contributed by atoms with Crippen LogP contribution in [0, 0.1) is 11.6 Å². The van der Waals surface area contributed by atoms with E-state index in [1.165, 1.54) is 31.2 Å². The number of nitrogens with one attached hydrogen (secondary N) is 1. The van der Waals surface area contributed by atoms with Crippen molar-refractivity contribution in [3.8, 4) is 0 Å². The first-order valence-corrected chi connectivity index (χ1v) is 13.6. The number of nitrogens with zero attached hydrogens (tertiary/aromatic N) is 4. The van der Waals surface area contributed by atoms with E-state index in [2.05, 4.69) is 5.32 Å². The summed E-state index contributed by atoms with van der Waals surface area (Å²) < 4.78 is 42.2. The maximum absolute atomic E-state index is 15.3. The van der Waals surface area contributed by atoms with Crippen LogP contribution in [0.1, 0.15) is 24.2 Å². The summed E-state index contributed by atoms with van der Waals surface area (Å²) in [6, 6.07) is 7.28. The molecule has 2 saturated heterocycles. The van der Waals surface area contributed by atoms with Crippen molar-refractivity contribution in [2.75, 3.05) is 61.1 Å². The molecular formula is C29H31F2N5O6. The van der Waals surface area contributed by atoms with E-state index in [-0.39, 0.29) is 29.9 Å². The first-order chi connectivity index (χ1) is 20.1. The van der Waals surface area contributed by atoms with Gasteiger partial charge in [-0.1, -0.05) is 0 Å². The van der Waals surface area contributed by atoms with Gasteiger partial charge < -0.3 is 29.2 Å². The number of piperazine rings is 1. The Hall–Kier alpha value is -4.68. The molecule has 2 fully saturated rings. The predicted molar refractivity (Wildman–Crippen MR) is 152 cm³/mol. The van der Waals surface area contributed by atoms with Crippen molar-refractivity contribution < 1.29 is 32.6 Å². The molecule has 0 radical (unpaired) electrons. The van der Waals surface area contributed by atoms with Crippen molar-refractivity contribution in [3.05, 3.63) is 63.9 Å². The molecule has 1 N–H and O–H groups in total. The molecule has 0 unspecified atom stereocenters. The zero-order valence-corrected chi connectivity index (χ0v) is 23.5. The molecule has 0 saturated carbocycles. The van der Waals surface area contributed by atoms with E-state index < -0.39 is 35.2 Å². The summed E-state index contributed by atoms with van der Waals surface area (Å²) in [5, 5.41) is 2.69. The number of cyclic esters (lactones) is 1. The van der Waals surface area contributed by atoms with Crippen molar-refractivity contribution >= 4 is 45.9 Å². The Balaban J connectivity index is 1.31. The van der Waals surface area contributed by atoms with Crippen molar-refractivity contribution in [3.63, 3.8) is 0 Å². The van der Waals surface area contributed by atoms with Gasteiger partial charge in [0.1, 0.15) is 23.3 Å². The highest BCUT2D eigenvalue weighted by Crippen LogP contribution is 2.31. The van der Waals surface area contributed by atoms with Gasteiger partial charge in [0.25, 0.3) is 0 Å². The largest absolute Gasteiger partial charge is 0.465 e. The summed E-state index contributed by atoms with van der Waals surface area (Å²) in [6.07, 6.45) is 0.279. The minimum atomic E-state index is -0.781. The van der Waals surface area contributed by atoms with E-state index in [1.54, 1.807) is 22.8 Å². The molecule has 0 bridgehead atoms. The Morgan fingerprint density at radius 2 is 1.69 bits per heavy atom. The van der Waals surface area contributed by atoms with Gasteiger partial charge >= 0.3 is 12.1 Å². The van der Waals surface area contributed by atoms with Crippen LogP contribution in [-0.4, -0.2) is 75.0 Å². The lowest BCUT2D eigenvalue weighted by atomic mass is 10.1. The van der Waals surface area contributed by atoms with Crippen LogP contribution in [0.5, 0.6) is 0 Å². The minimum Gasteiger partial charge on any atom is -0.465 e. The fraction of sp³-hybridized carbons (Fsp3) is 0.379. The quantitative estimate of drug-likeness (QED) is 0.423. The summed E-state index contributed by atoms with van der Waals surface area (Å²) in [5.74, 6) is -2.12. The zero-order valence-electron chi connectivity index (χ0n) is 23.5. The normalized spacial score (nSPS) is 17.0. The standard InChI is InChI=1S/C29H31F2N5O6/c1-4-33-16-21(28(39)41-3)27(38)20-12-23(31)26(13-25(20)33)35-9-7-34(8-10-35)24-6-5-18(11-22(24)30)36-15-19(42-29(36)40)14-32-17(2)37/h5-6,11-13,16,19H,4,7-10,14-15H2,1-3H3,(H,32,37)/t19-/m0/s1. The highest BCUT2D eigenvalue weighted by molar-refractivity contribution is 5.94. The first-order valence-electron chi connectivity index (χ1n) is 13.6. The van der Waals surface area contributed by atoms with Crippen molar-refractivity contribution in [2.45, 2.75) is 26.5 Å². The fourth-order valence-electron chi connectivity index (χ4n) is 5.36. The molecule has 0 spiro atoms. The Labute approximate surface area is 240 Å². The van der Waals surface area contributed by atoms with Gasteiger partial charge in [0, 0.05) is 51.2 Å². The van der Waals surface area contributed by atoms with Crippen LogP contribution in [-0.2, 0) is 20.8 Å². The van der Waals surface area contributed by atoms with E-state index in [4.69, 9.17) is 9.47 Å². The van der Waals surface area contributed by atoms with Crippen LogP contribution in [0.15, 0.2) is 41.3 Å². The number of methoxy groups -OCH3 is 1. The fourth-order valence-corrected chi connectivity index (χ4v) is 5.36. The highest BCUT2D eigenvalue weighted by Gasteiger charge is 2.33. The van der Waals surface area contributed by atoms with Crippen LogP contribution in [0.2, 0.25) is 0 Å². The third-order valence-electron chi connectivity index (χ3n) is 7.55. The summed E-state index contributed by atoms with van der Waals surface area (Å²) in [5.41, 5.74) is 0.756. The number of halogens is 2. The average molecular weight is 584 g/mol. The molecule has 2 aliphatic rings. The zero-order chi connectivity index (χ0) is 30.1. The van der Waals surface area contributed by atoms with Crippen molar-refractivity contribution in [2.24, 2.45) is 0 Å². The molecule has 2 aliphatic heterocycles. The number of carbonyl (C=O) groups excluding carboxylic acids is 3. The molecule has 222 valence electrons. The topological polar surface area (TPSA) is 113 Å². The summed E-state index contributed by atoms with van der Waals surface area (Å²) in [6.45, 7) is 5.61. The van der Waals surface area contributed by atoms with Gasteiger partial charge in [-0.05, 0) is 37.3 Å². The molecule has 2 amide bonds. The molecule has 3 heterocycles. The minimum absolute atomic E-state index is 0.0881. The number of aromatic nitrogens is 1. The first kappa shape index (κ1) is 28.8. The Bertz CT molecular complexity index is 1620. The van der Waals surface area contributed by atoms with Gasteiger partial charge in [-0.2, -0.15) is 0 Å². The van der Waals surface area contributed by atoms with Crippen LogP contribution in [0.4, 0.5) is 30.6 Å². The number of hydrogen-bond donors (Lipinski definition) is 1. The number of aryl methyl sites for hydroxylation is 1. The second-order valence-corrected chi connectivity index (χ2v) is 10.1. The number of carbonyl (C=O) groups is 3. The number of hydrogen-bond acceptors (Lipinski definition) is 8. The number of ether oxygens (including phenoxy) is 2. The van der Waals surface area contributed by atoms with E-state index >= 15 is 8.78 Å². The molecule has 1 atom stereocenters. The predicted octanol–water partition coefficient (Wildman–Crippen LogP) is 2.87.